The molecule has 2 atom stereocenters. The van der Waals surface area contributed by atoms with E-state index in [9.17, 15) is 0 Å². The van der Waals surface area contributed by atoms with Crippen molar-refractivity contribution in [3.8, 4) is 0 Å². The number of alkyl halides is 1. The van der Waals surface area contributed by atoms with E-state index >= 15 is 0 Å². The summed E-state index contributed by atoms with van der Waals surface area (Å²) in [6.45, 7) is 6.26. The van der Waals surface area contributed by atoms with Crippen molar-refractivity contribution in [3.63, 3.8) is 0 Å². The quantitative estimate of drug-likeness (QED) is 0.604. The first-order chi connectivity index (χ1) is 10.1. The third-order valence-electron chi connectivity index (χ3n) is 3.90. The predicted molar refractivity (Wildman–Crippen MR) is 89.0 cm³/mol. The number of hydrogen-bond donors (Lipinski definition) is 0. The smallest absolute Gasteiger partial charge is 0.128 e. The summed E-state index contributed by atoms with van der Waals surface area (Å²) in [5, 5.41) is -0.121. The summed E-state index contributed by atoms with van der Waals surface area (Å²) in [7, 11) is 0. The zero-order valence-electron chi connectivity index (χ0n) is 12.5. The van der Waals surface area contributed by atoms with E-state index in [1.807, 2.05) is 13.0 Å². The summed E-state index contributed by atoms with van der Waals surface area (Å²) in [6, 6.07) is 17.1. The van der Waals surface area contributed by atoms with Gasteiger partial charge < -0.3 is 4.57 Å². The van der Waals surface area contributed by atoms with Gasteiger partial charge in [0.1, 0.15) is 5.82 Å². The zero-order valence-corrected chi connectivity index (χ0v) is 13.3. The zero-order chi connectivity index (χ0) is 15.0. The molecule has 1 aromatic heterocycles. The van der Waals surface area contributed by atoms with Crippen LogP contribution in [0.5, 0.6) is 0 Å². The standard InChI is InChI=1S/C18H19ClN2/c1-12-9-10-17-16(11-12)20-18(13(2)19)21(17)14(3)15-7-5-4-6-8-15/h4-11,13-14H,1-3H3. The topological polar surface area (TPSA) is 17.8 Å². The number of hydrogen-bond acceptors (Lipinski definition) is 1. The van der Waals surface area contributed by atoms with Crippen LogP contribution in [0.2, 0.25) is 0 Å². The maximum absolute atomic E-state index is 6.37. The highest BCUT2D eigenvalue weighted by molar-refractivity contribution is 6.20. The van der Waals surface area contributed by atoms with Crippen molar-refractivity contribution in [3.05, 3.63) is 65.5 Å². The molecule has 2 aromatic carbocycles. The molecule has 3 aromatic rings. The van der Waals surface area contributed by atoms with Gasteiger partial charge in [-0.2, -0.15) is 0 Å². The Labute approximate surface area is 130 Å². The molecule has 2 unspecified atom stereocenters. The minimum Gasteiger partial charge on any atom is -0.319 e. The minimum atomic E-state index is -0.121. The second-order valence-electron chi connectivity index (χ2n) is 5.53. The number of aromatic nitrogens is 2. The number of benzene rings is 2. The molecule has 0 amide bonds. The SMILES string of the molecule is Cc1ccc2c(c1)nc(C(C)Cl)n2C(C)c1ccccc1. The van der Waals surface area contributed by atoms with Crippen LogP contribution in [-0.4, -0.2) is 9.55 Å². The molecule has 0 spiro atoms. The van der Waals surface area contributed by atoms with Gasteiger partial charge in [-0.1, -0.05) is 36.4 Å². The van der Waals surface area contributed by atoms with Crippen molar-refractivity contribution in [1.82, 2.24) is 9.55 Å². The molecule has 2 nitrogen and oxygen atoms in total. The first kappa shape index (κ1) is 14.2. The van der Waals surface area contributed by atoms with E-state index in [2.05, 4.69) is 60.9 Å². The summed E-state index contributed by atoms with van der Waals surface area (Å²) < 4.78 is 2.25. The van der Waals surface area contributed by atoms with Gasteiger partial charge in [0.15, 0.2) is 0 Å². The fraction of sp³-hybridized carbons (Fsp3) is 0.278. The lowest BCUT2D eigenvalue weighted by Crippen LogP contribution is -2.11. The van der Waals surface area contributed by atoms with Crippen LogP contribution in [0.4, 0.5) is 0 Å². The molecule has 0 saturated heterocycles. The van der Waals surface area contributed by atoms with Crippen molar-refractivity contribution in [2.24, 2.45) is 0 Å². The van der Waals surface area contributed by atoms with Crippen LogP contribution in [-0.2, 0) is 0 Å². The highest BCUT2D eigenvalue weighted by Crippen LogP contribution is 2.31. The van der Waals surface area contributed by atoms with Crippen LogP contribution >= 0.6 is 11.6 Å². The molecule has 0 aliphatic rings. The molecule has 108 valence electrons. The second-order valence-corrected chi connectivity index (χ2v) is 6.19. The van der Waals surface area contributed by atoms with Crippen LogP contribution in [0.15, 0.2) is 48.5 Å². The summed E-state index contributed by atoms with van der Waals surface area (Å²) in [5.74, 6) is 0.925. The Hall–Kier alpha value is -1.80. The van der Waals surface area contributed by atoms with E-state index in [4.69, 9.17) is 16.6 Å². The van der Waals surface area contributed by atoms with E-state index in [1.165, 1.54) is 11.1 Å². The van der Waals surface area contributed by atoms with Crippen molar-refractivity contribution in [2.75, 3.05) is 0 Å². The van der Waals surface area contributed by atoms with Crippen molar-refractivity contribution < 1.29 is 0 Å². The summed E-state index contributed by atoms with van der Waals surface area (Å²) >= 11 is 6.37. The fourth-order valence-corrected chi connectivity index (χ4v) is 2.95. The lowest BCUT2D eigenvalue weighted by Gasteiger charge is -2.19. The predicted octanol–water partition coefficient (Wildman–Crippen LogP) is 5.25. The van der Waals surface area contributed by atoms with Crippen molar-refractivity contribution >= 4 is 22.6 Å². The van der Waals surface area contributed by atoms with Gasteiger partial charge in [-0.3, -0.25) is 0 Å². The van der Waals surface area contributed by atoms with Gasteiger partial charge in [-0.15, -0.1) is 11.6 Å². The van der Waals surface area contributed by atoms with E-state index in [0.29, 0.717) is 0 Å². The van der Waals surface area contributed by atoms with Gasteiger partial charge in [0, 0.05) is 0 Å². The monoisotopic (exact) mass is 298 g/mol. The molecule has 3 rings (SSSR count). The summed E-state index contributed by atoms with van der Waals surface area (Å²) in [5.41, 5.74) is 4.63. The Bertz CT molecular complexity index is 759. The molecule has 21 heavy (non-hydrogen) atoms. The molecule has 0 N–H and O–H groups in total. The van der Waals surface area contributed by atoms with E-state index < -0.39 is 0 Å². The van der Waals surface area contributed by atoms with Crippen LogP contribution in [0.3, 0.4) is 0 Å². The molecule has 0 radical (unpaired) electrons. The number of halogens is 1. The minimum absolute atomic E-state index is 0.121. The molecule has 0 aliphatic carbocycles. The largest absolute Gasteiger partial charge is 0.319 e. The summed E-state index contributed by atoms with van der Waals surface area (Å²) in [6.07, 6.45) is 0. The molecular formula is C18H19ClN2. The van der Waals surface area contributed by atoms with Gasteiger partial charge in [0.05, 0.1) is 22.5 Å². The van der Waals surface area contributed by atoms with Gasteiger partial charge in [-0.25, -0.2) is 4.98 Å². The van der Waals surface area contributed by atoms with Crippen LogP contribution in [0.25, 0.3) is 11.0 Å². The number of aryl methyl sites for hydroxylation is 1. The average Bonchev–Trinajstić information content (AvgIpc) is 2.86. The van der Waals surface area contributed by atoms with Gasteiger partial charge in [-0.05, 0) is 44.0 Å². The van der Waals surface area contributed by atoms with E-state index in [1.54, 1.807) is 0 Å². The van der Waals surface area contributed by atoms with E-state index in [0.717, 1.165) is 16.9 Å². The Morgan fingerprint density at radius 3 is 2.43 bits per heavy atom. The van der Waals surface area contributed by atoms with Crippen molar-refractivity contribution in [2.45, 2.75) is 32.2 Å². The molecule has 3 heteroatoms. The maximum Gasteiger partial charge on any atom is 0.128 e. The molecule has 1 heterocycles. The van der Waals surface area contributed by atoms with Gasteiger partial charge >= 0.3 is 0 Å². The molecule has 0 fully saturated rings. The highest BCUT2D eigenvalue weighted by Gasteiger charge is 2.19. The maximum atomic E-state index is 6.37. The van der Waals surface area contributed by atoms with Crippen LogP contribution < -0.4 is 0 Å². The normalized spacial score (nSPS) is 14.3. The fourth-order valence-electron chi connectivity index (χ4n) is 2.80. The summed E-state index contributed by atoms with van der Waals surface area (Å²) in [4.78, 5) is 4.75. The molecule has 0 bridgehead atoms. The number of imidazole rings is 1. The lowest BCUT2D eigenvalue weighted by atomic mass is 10.1. The lowest BCUT2D eigenvalue weighted by molar-refractivity contribution is 0.618. The second kappa shape index (κ2) is 5.53. The molecule has 0 aliphatic heterocycles. The van der Waals surface area contributed by atoms with Crippen molar-refractivity contribution in [1.29, 1.82) is 0 Å². The third kappa shape index (κ3) is 2.56. The Morgan fingerprint density at radius 1 is 1.05 bits per heavy atom. The molecular weight excluding hydrogens is 280 g/mol. The van der Waals surface area contributed by atoms with Gasteiger partial charge in [0.25, 0.3) is 0 Å². The van der Waals surface area contributed by atoms with Gasteiger partial charge in [0.2, 0.25) is 0 Å². The number of nitrogens with zero attached hydrogens (tertiary/aromatic N) is 2. The Kier molecular flexibility index (Phi) is 3.73. The number of fused-ring (bicyclic) bond motifs is 1. The highest BCUT2D eigenvalue weighted by atomic mass is 35.5. The molecule has 0 saturated carbocycles. The first-order valence-corrected chi connectivity index (χ1v) is 7.69. The Balaban J connectivity index is 2.22. The average molecular weight is 299 g/mol. The van der Waals surface area contributed by atoms with Crippen LogP contribution in [0, 0.1) is 6.92 Å². The first-order valence-electron chi connectivity index (χ1n) is 7.25. The van der Waals surface area contributed by atoms with E-state index in [-0.39, 0.29) is 11.4 Å². The Morgan fingerprint density at radius 2 is 1.76 bits per heavy atom. The third-order valence-corrected chi connectivity index (χ3v) is 4.09. The number of rotatable bonds is 3. The van der Waals surface area contributed by atoms with Crippen LogP contribution in [0.1, 0.15) is 42.2 Å².